The summed E-state index contributed by atoms with van der Waals surface area (Å²) in [7, 11) is -4.66. The number of carbonyl (C=O) groups is 2. The smallest absolute Gasteiger partial charge is 0.462 e. The van der Waals surface area contributed by atoms with Crippen LogP contribution in [0.3, 0.4) is 0 Å². The minimum Gasteiger partial charge on any atom is -0.462 e. The summed E-state index contributed by atoms with van der Waals surface area (Å²) >= 11 is 0. The fraction of sp³-hybridized carbons (Fsp3) is 0.714. The van der Waals surface area contributed by atoms with E-state index in [0.29, 0.717) is 25.7 Å². The van der Waals surface area contributed by atoms with E-state index >= 15 is 0 Å². The first-order chi connectivity index (χ1) is 29.5. The lowest BCUT2D eigenvalue weighted by molar-refractivity contribution is -0.161. The van der Waals surface area contributed by atoms with Crippen molar-refractivity contribution in [2.45, 2.75) is 193 Å². The zero-order valence-electron chi connectivity index (χ0n) is 38.1. The van der Waals surface area contributed by atoms with Gasteiger partial charge in [-0.3, -0.25) is 18.6 Å². The van der Waals surface area contributed by atoms with Gasteiger partial charge in [0.1, 0.15) is 12.7 Å². The van der Waals surface area contributed by atoms with Gasteiger partial charge in [0, 0.05) is 12.8 Å². The van der Waals surface area contributed by atoms with Crippen molar-refractivity contribution in [3.8, 4) is 0 Å². The van der Waals surface area contributed by atoms with Crippen molar-refractivity contribution in [3.63, 3.8) is 0 Å². The Hall–Kier alpha value is -2.63. The molecule has 0 saturated carbocycles. The monoisotopic (exact) mass is 881 g/mol. The normalized spacial score (nSPS) is 15.0. The van der Waals surface area contributed by atoms with Crippen molar-refractivity contribution in [2.75, 3.05) is 26.4 Å². The highest BCUT2D eigenvalue weighted by molar-refractivity contribution is 7.47. The summed E-state index contributed by atoms with van der Waals surface area (Å²) in [6, 6.07) is 0. The maximum absolute atomic E-state index is 12.6. The number of ether oxygens (including phenoxy) is 2. The highest BCUT2D eigenvalue weighted by Crippen LogP contribution is 2.43. The number of phosphoric ester groups is 1. The van der Waals surface area contributed by atoms with E-state index in [9.17, 15) is 29.3 Å². The fourth-order valence-electron chi connectivity index (χ4n) is 6.05. The molecule has 0 rings (SSSR count). The summed E-state index contributed by atoms with van der Waals surface area (Å²) in [5, 5.41) is 28.4. The molecule has 0 amide bonds. The standard InChI is InChI=1S/C49H85O11P/c1-4-5-6-7-26-31-36-45(51)37-32-27-22-18-15-16-20-24-29-34-39-49(54)60-47(43-59-61(55,56)58-41-46(52)40-50)42-57-48(53)38-33-28-23-19-14-12-10-8-9-11-13-17-21-25-30-35-44(2)3/h5-6,15-16,22,24,26-27,29,31-32,37,44-47,50-52H,4,7-14,17-21,23,25,28,30,33-36,38-43H2,1-3H3,(H,55,56)/b6-5-,16-15-,27-22-,29-24-,31-26-,37-32+/t45?,46-,47+/m0/s1. The van der Waals surface area contributed by atoms with Crippen LogP contribution in [0, 0.1) is 5.92 Å². The Bertz CT molecular complexity index is 1270. The van der Waals surface area contributed by atoms with E-state index in [-0.39, 0.29) is 19.4 Å². The van der Waals surface area contributed by atoms with E-state index < -0.39 is 57.9 Å². The second-order valence-corrected chi connectivity index (χ2v) is 17.5. The highest BCUT2D eigenvalue weighted by atomic mass is 31.2. The Balaban J connectivity index is 4.42. The van der Waals surface area contributed by atoms with Crippen molar-refractivity contribution in [1.29, 1.82) is 0 Å². The predicted molar refractivity (Wildman–Crippen MR) is 248 cm³/mol. The van der Waals surface area contributed by atoms with Gasteiger partial charge in [-0.1, -0.05) is 190 Å². The van der Waals surface area contributed by atoms with Crippen molar-refractivity contribution >= 4 is 19.8 Å². The van der Waals surface area contributed by atoms with E-state index in [0.717, 1.165) is 44.4 Å². The topological polar surface area (TPSA) is 169 Å². The fourth-order valence-corrected chi connectivity index (χ4v) is 6.84. The largest absolute Gasteiger partial charge is 0.472 e. The number of aliphatic hydroxyl groups excluding tert-OH is 3. The lowest BCUT2D eigenvalue weighted by atomic mass is 10.0. The number of allylic oxidation sites excluding steroid dienone is 10. The van der Waals surface area contributed by atoms with Crippen LogP contribution in [0.5, 0.6) is 0 Å². The summed E-state index contributed by atoms with van der Waals surface area (Å²) in [6.07, 6.45) is 44.8. The zero-order valence-corrected chi connectivity index (χ0v) is 39.0. The van der Waals surface area contributed by atoms with Crippen molar-refractivity contribution in [2.24, 2.45) is 5.92 Å². The molecule has 12 heteroatoms. The molecule has 0 heterocycles. The molecule has 0 bridgehead atoms. The second kappa shape index (κ2) is 42.7. The maximum Gasteiger partial charge on any atom is 0.472 e. The number of unbranched alkanes of at least 4 members (excludes halogenated alkanes) is 14. The van der Waals surface area contributed by atoms with Gasteiger partial charge in [0.2, 0.25) is 0 Å². The molecule has 0 aromatic rings. The molecule has 0 fully saturated rings. The number of phosphoric acid groups is 1. The molecular formula is C49H85O11P. The summed E-state index contributed by atoms with van der Waals surface area (Å²) in [5.41, 5.74) is 0. The molecule has 2 unspecified atom stereocenters. The molecule has 4 atom stereocenters. The van der Waals surface area contributed by atoms with E-state index in [1.165, 1.54) is 77.0 Å². The molecule has 0 spiro atoms. The Morgan fingerprint density at radius 3 is 1.72 bits per heavy atom. The third-order valence-electron chi connectivity index (χ3n) is 9.65. The molecule has 0 aliphatic heterocycles. The van der Waals surface area contributed by atoms with Gasteiger partial charge in [0.05, 0.1) is 25.9 Å². The minimum absolute atomic E-state index is 0.0338. The van der Waals surface area contributed by atoms with E-state index in [1.54, 1.807) is 6.08 Å². The van der Waals surface area contributed by atoms with E-state index in [4.69, 9.17) is 19.1 Å². The van der Waals surface area contributed by atoms with E-state index in [2.05, 4.69) is 37.4 Å². The average Bonchev–Trinajstić information content (AvgIpc) is 3.23. The number of hydrogen-bond acceptors (Lipinski definition) is 10. The Morgan fingerprint density at radius 2 is 1.13 bits per heavy atom. The Morgan fingerprint density at radius 1 is 0.607 bits per heavy atom. The molecule has 4 N–H and O–H groups in total. The number of esters is 2. The number of aliphatic hydroxyl groups is 3. The second-order valence-electron chi connectivity index (χ2n) is 16.1. The van der Waals surface area contributed by atoms with Gasteiger partial charge < -0.3 is 29.7 Å². The van der Waals surface area contributed by atoms with Crippen LogP contribution < -0.4 is 0 Å². The molecule has 0 radical (unpaired) electrons. The molecule has 352 valence electrons. The number of hydrogen-bond donors (Lipinski definition) is 4. The van der Waals surface area contributed by atoms with Gasteiger partial charge in [-0.2, -0.15) is 0 Å². The van der Waals surface area contributed by atoms with Crippen LogP contribution in [0.2, 0.25) is 0 Å². The first-order valence-electron chi connectivity index (χ1n) is 23.4. The predicted octanol–water partition coefficient (Wildman–Crippen LogP) is 11.7. The summed E-state index contributed by atoms with van der Waals surface area (Å²) < 4.78 is 32.7. The quantitative estimate of drug-likeness (QED) is 0.0151. The molecule has 0 aliphatic carbocycles. The molecule has 61 heavy (non-hydrogen) atoms. The summed E-state index contributed by atoms with van der Waals surface area (Å²) in [4.78, 5) is 35.0. The van der Waals surface area contributed by atoms with Crippen LogP contribution in [0.15, 0.2) is 72.9 Å². The number of rotatable bonds is 42. The van der Waals surface area contributed by atoms with Gasteiger partial charge >= 0.3 is 19.8 Å². The number of carbonyl (C=O) groups excluding carboxylic acids is 2. The molecule has 0 saturated heterocycles. The summed E-state index contributed by atoms with van der Waals surface area (Å²) in [5.74, 6) is -0.230. The van der Waals surface area contributed by atoms with Gasteiger partial charge in [-0.05, 0) is 50.9 Å². The van der Waals surface area contributed by atoms with Crippen LogP contribution in [0.25, 0.3) is 0 Å². The van der Waals surface area contributed by atoms with Crippen molar-refractivity contribution in [3.05, 3.63) is 72.9 Å². The maximum atomic E-state index is 12.6. The minimum atomic E-state index is -4.66. The first kappa shape index (κ1) is 58.4. The van der Waals surface area contributed by atoms with E-state index in [1.807, 2.05) is 54.7 Å². The lowest BCUT2D eigenvalue weighted by Crippen LogP contribution is -2.29. The summed E-state index contributed by atoms with van der Waals surface area (Å²) in [6.45, 7) is 4.44. The molecule has 11 nitrogen and oxygen atoms in total. The van der Waals surface area contributed by atoms with Crippen LogP contribution in [0.4, 0.5) is 0 Å². The van der Waals surface area contributed by atoms with Crippen LogP contribution >= 0.6 is 7.82 Å². The van der Waals surface area contributed by atoms with Gasteiger partial charge in [0.25, 0.3) is 0 Å². The van der Waals surface area contributed by atoms with Crippen LogP contribution in [0.1, 0.15) is 175 Å². The lowest BCUT2D eigenvalue weighted by Gasteiger charge is -2.20. The van der Waals surface area contributed by atoms with Gasteiger partial charge in [-0.25, -0.2) is 4.57 Å². The first-order valence-corrected chi connectivity index (χ1v) is 24.9. The average molecular weight is 881 g/mol. The third-order valence-corrected chi connectivity index (χ3v) is 10.6. The van der Waals surface area contributed by atoms with Crippen LogP contribution in [-0.2, 0) is 32.7 Å². The Labute approximate surface area is 370 Å². The molecule has 0 aliphatic rings. The highest BCUT2D eigenvalue weighted by Gasteiger charge is 2.27. The molecular weight excluding hydrogens is 796 g/mol. The molecule has 0 aromatic carbocycles. The van der Waals surface area contributed by atoms with Gasteiger partial charge in [-0.15, -0.1) is 0 Å². The zero-order chi connectivity index (χ0) is 45.1. The van der Waals surface area contributed by atoms with Crippen LogP contribution in [-0.4, -0.2) is 76.9 Å². The Kier molecular flexibility index (Phi) is 40.8. The SMILES string of the molecule is CC/C=C\C/C=C\CC(O)/C=C/C=C\C/C=C\C/C=C\CCC(=O)O[C@H](COC(=O)CCCCCCCCCCCCCCCCCC(C)C)COP(=O)(O)OC[C@@H](O)CO. The third kappa shape index (κ3) is 43.8. The molecule has 0 aromatic heterocycles. The van der Waals surface area contributed by atoms with Crippen molar-refractivity contribution in [1.82, 2.24) is 0 Å². The van der Waals surface area contributed by atoms with Crippen molar-refractivity contribution < 1.29 is 52.9 Å². The van der Waals surface area contributed by atoms with Gasteiger partial charge in [0.15, 0.2) is 6.10 Å².